The summed E-state index contributed by atoms with van der Waals surface area (Å²) in [6.45, 7) is 2.48. The number of amides is 1. The van der Waals surface area contributed by atoms with E-state index in [0.29, 0.717) is 30.1 Å². The zero-order chi connectivity index (χ0) is 17.3. The van der Waals surface area contributed by atoms with Crippen LogP contribution in [0.25, 0.3) is 0 Å². The van der Waals surface area contributed by atoms with Crippen LogP contribution in [0.15, 0.2) is 41.0 Å². The Morgan fingerprint density at radius 2 is 2.17 bits per heavy atom. The van der Waals surface area contributed by atoms with Crippen molar-refractivity contribution in [3.63, 3.8) is 0 Å². The SMILES string of the molecule is Cc1ccc(C(=O)N2CC(Oc3ncccc3Br)C2)cc1[N+](=O)[O-]. The van der Waals surface area contributed by atoms with Gasteiger partial charge in [0.05, 0.1) is 22.5 Å². The molecule has 8 heteroatoms. The quantitative estimate of drug-likeness (QED) is 0.590. The molecule has 2 aromatic rings. The second-order valence-corrected chi connectivity index (χ2v) is 6.35. The third-order valence-corrected chi connectivity index (χ3v) is 4.39. The largest absolute Gasteiger partial charge is 0.470 e. The molecule has 0 saturated carbocycles. The standard InChI is InChI=1S/C16H14BrN3O4/c1-10-4-5-11(7-14(10)20(22)23)16(21)19-8-12(9-19)24-15-13(17)3-2-6-18-15/h2-7,12H,8-9H2,1H3. The summed E-state index contributed by atoms with van der Waals surface area (Å²) >= 11 is 3.36. The van der Waals surface area contributed by atoms with Gasteiger partial charge in [-0.1, -0.05) is 6.07 Å². The molecule has 0 aliphatic carbocycles. The molecule has 1 aliphatic heterocycles. The minimum atomic E-state index is -0.479. The Morgan fingerprint density at radius 3 is 2.83 bits per heavy atom. The van der Waals surface area contributed by atoms with E-state index in [1.165, 1.54) is 6.07 Å². The highest BCUT2D eigenvalue weighted by molar-refractivity contribution is 9.10. The van der Waals surface area contributed by atoms with Crippen LogP contribution in [0, 0.1) is 17.0 Å². The van der Waals surface area contributed by atoms with E-state index in [4.69, 9.17) is 4.74 Å². The van der Waals surface area contributed by atoms with Gasteiger partial charge in [0, 0.05) is 23.4 Å². The van der Waals surface area contributed by atoms with Crippen molar-refractivity contribution < 1.29 is 14.5 Å². The summed E-state index contributed by atoms with van der Waals surface area (Å²) in [7, 11) is 0. The number of carbonyl (C=O) groups is 1. The first-order valence-corrected chi connectivity index (χ1v) is 8.06. The van der Waals surface area contributed by atoms with Crippen molar-refractivity contribution in [1.29, 1.82) is 0 Å². The van der Waals surface area contributed by atoms with Gasteiger partial charge in [0.2, 0.25) is 5.88 Å². The number of nitro benzene ring substituents is 1. The van der Waals surface area contributed by atoms with Crippen molar-refractivity contribution in [2.24, 2.45) is 0 Å². The summed E-state index contributed by atoms with van der Waals surface area (Å²) in [6.07, 6.45) is 1.49. The van der Waals surface area contributed by atoms with Crippen LogP contribution in [0.5, 0.6) is 5.88 Å². The van der Waals surface area contributed by atoms with Crippen LogP contribution in [-0.2, 0) is 0 Å². The number of nitrogens with zero attached hydrogens (tertiary/aromatic N) is 3. The van der Waals surface area contributed by atoms with Crippen LogP contribution in [0.1, 0.15) is 15.9 Å². The molecule has 7 nitrogen and oxygen atoms in total. The van der Waals surface area contributed by atoms with Gasteiger partial charge in [-0.2, -0.15) is 0 Å². The normalized spacial score (nSPS) is 14.2. The second-order valence-electron chi connectivity index (χ2n) is 5.50. The molecule has 1 saturated heterocycles. The zero-order valence-electron chi connectivity index (χ0n) is 12.8. The molecule has 2 heterocycles. The van der Waals surface area contributed by atoms with Crippen LogP contribution in [0.4, 0.5) is 5.69 Å². The fourth-order valence-electron chi connectivity index (χ4n) is 2.42. The van der Waals surface area contributed by atoms with Gasteiger partial charge in [-0.25, -0.2) is 4.98 Å². The molecule has 1 aromatic heterocycles. The van der Waals surface area contributed by atoms with Gasteiger partial charge in [0.1, 0.15) is 6.10 Å². The Bertz CT molecular complexity index is 806. The maximum atomic E-state index is 12.4. The molecule has 0 radical (unpaired) electrons. The van der Waals surface area contributed by atoms with E-state index in [-0.39, 0.29) is 17.7 Å². The Kier molecular flexibility index (Phi) is 4.48. The van der Waals surface area contributed by atoms with Gasteiger partial charge < -0.3 is 9.64 Å². The van der Waals surface area contributed by atoms with E-state index in [1.54, 1.807) is 36.2 Å². The van der Waals surface area contributed by atoms with Crippen LogP contribution >= 0.6 is 15.9 Å². The Balaban J connectivity index is 1.64. The molecule has 1 aromatic carbocycles. The van der Waals surface area contributed by atoms with Crippen molar-refractivity contribution >= 4 is 27.5 Å². The number of aryl methyl sites for hydroxylation is 1. The number of hydrogen-bond donors (Lipinski definition) is 0. The molecule has 3 rings (SSSR count). The Morgan fingerprint density at radius 1 is 1.42 bits per heavy atom. The first-order chi connectivity index (χ1) is 11.5. The van der Waals surface area contributed by atoms with Gasteiger partial charge in [-0.15, -0.1) is 0 Å². The summed E-state index contributed by atoms with van der Waals surface area (Å²) in [5, 5.41) is 11.0. The maximum absolute atomic E-state index is 12.4. The number of carbonyl (C=O) groups excluding carboxylic acids is 1. The van der Waals surface area contributed by atoms with Crippen molar-refractivity contribution in [3.8, 4) is 5.88 Å². The number of aromatic nitrogens is 1. The van der Waals surface area contributed by atoms with Crippen LogP contribution in [0.2, 0.25) is 0 Å². The number of hydrogen-bond acceptors (Lipinski definition) is 5. The predicted octanol–water partition coefficient (Wildman–Crippen LogP) is 2.96. The minimum absolute atomic E-state index is 0.0495. The Labute approximate surface area is 146 Å². The number of pyridine rings is 1. The molecule has 0 spiro atoms. The lowest BCUT2D eigenvalue weighted by atomic mass is 10.1. The van der Waals surface area contributed by atoms with E-state index in [9.17, 15) is 14.9 Å². The van der Waals surface area contributed by atoms with Gasteiger partial charge in [0.25, 0.3) is 11.6 Å². The highest BCUT2D eigenvalue weighted by Crippen LogP contribution is 2.26. The molecule has 0 atom stereocenters. The van der Waals surface area contributed by atoms with E-state index in [2.05, 4.69) is 20.9 Å². The molecular weight excluding hydrogens is 378 g/mol. The molecule has 0 N–H and O–H groups in total. The van der Waals surface area contributed by atoms with E-state index in [0.717, 1.165) is 4.47 Å². The third kappa shape index (κ3) is 3.23. The summed E-state index contributed by atoms with van der Waals surface area (Å²) in [5.74, 6) is 0.249. The minimum Gasteiger partial charge on any atom is -0.470 e. The zero-order valence-corrected chi connectivity index (χ0v) is 14.4. The van der Waals surface area contributed by atoms with Gasteiger partial charge >= 0.3 is 0 Å². The molecule has 24 heavy (non-hydrogen) atoms. The van der Waals surface area contributed by atoms with Gasteiger partial charge in [0.15, 0.2) is 0 Å². The number of nitro groups is 1. The van der Waals surface area contributed by atoms with E-state index < -0.39 is 4.92 Å². The highest BCUT2D eigenvalue weighted by atomic mass is 79.9. The number of ether oxygens (including phenoxy) is 1. The summed E-state index contributed by atoms with van der Waals surface area (Å²) in [6, 6.07) is 8.13. The number of rotatable bonds is 4. The molecule has 1 fully saturated rings. The lowest BCUT2D eigenvalue weighted by Crippen LogP contribution is -2.56. The van der Waals surface area contributed by atoms with E-state index in [1.807, 2.05) is 6.07 Å². The van der Waals surface area contributed by atoms with Crippen molar-refractivity contribution in [2.75, 3.05) is 13.1 Å². The van der Waals surface area contributed by atoms with Crippen molar-refractivity contribution in [2.45, 2.75) is 13.0 Å². The molecule has 1 aliphatic rings. The molecular formula is C16H14BrN3O4. The topological polar surface area (TPSA) is 85.6 Å². The number of benzene rings is 1. The lowest BCUT2D eigenvalue weighted by Gasteiger charge is -2.38. The molecule has 124 valence electrons. The Hall–Kier alpha value is -2.48. The molecule has 0 bridgehead atoms. The maximum Gasteiger partial charge on any atom is 0.273 e. The van der Waals surface area contributed by atoms with Crippen molar-refractivity contribution in [1.82, 2.24) is 9.88 Å². The van der Waals surface area contributed by atoms with Crippen LogP contribution < -0.4 is 4.74 Å². The summed E-state index contributed by atoms with van der Waals surface area (Å²) in [4.78, 5) is 28.6. The number of likely N-dealkylation sites (tertiary alicyclic amines) is 1. The lowest BCUT2D eigenvalue weighted by molar-refractivity contribution is -0.385. The molecule has 1 amide bonds. The fraction of sp³-hybridized carbons (Fsp3) is 0.250. The summed E-state index contributed by atoms with van der Waals surface area (Å²) in [5.41, 5.74) is 0.790. The average Bonchev–Trinajstić information content (AvgIpc) is 2.51. The fourth-order valence-corrected chi connectivity index (χ4v) is 2.76. The monoisotopic (exact) mass is 391 g/mol. The van der Waals surface area contributed by atoms with E-state index >= 15 is 0 Å². The van der Waals surface area contributed by atoms with Gasteiger partial charge in [-0.05, 0) is 41.1 Å². The van der Waals surface area contributed by atoms with Crippen LogP contribution in [0.3, 0.4) is 0 Å². The summed E-state index contributed by atoms with van der Waals surface area (Å²) < 4.78 is 6.47. The smallest absolute Gasteiger partial charge is 0.273 e. The van der Waals surface area contributed by atoms with Crippen LogP contribution in [-0.4, -0.2) is 39.9 Å². The second kappa shape index (κ2) is 6.56. The molecule has 0 unspecified atom stereocenters. The first-order valence-electron chi connectivity index (χ1n) is 7.27. The third-order valence-electron chi connectivity index (χ3n) is 3.79. The predicted molar refractivity (Wildman–Crippen MR) is 90.1 cm³/mol. The average molecular weight is 392 g/mol. The first kappa shape index (κ1) is 16.4. The highest BCUT2D eigenvalue weighted by Gasteiger charge is 2.34. The van der Waals surface area contributed by atoms with Crippen molar-refractivity contribution in [3.05, 3.63) is 62.2 Å². The number of halogens is 1. The van der Waals surface area contributed by atoms with Gasteiger partial charge in [-0.3, -0.25) is 14.9 Å².